The summed E-state index contributed by atoms with van der Waals surface area (Å²) < 4.78 is 1.97. The number of hydrogen-bond donors (Lipinski definition) is 1. The molecule has 1 atom stereocenters. The second-order valence-corrected chi connectivity index (χ2v) is 7.96. The van der Waals surface area contributed by atoms with E-state index in [2.05, 4.69) is 27.8 Å². The number of thiazole rings is 1. The van der Waals surface area contributed by atoms with Crippen molar-refractivity contribution in [3.8, 4) is 0 Å². The van der Waals surface area contributed by atoms with E-state index < -0.39 is 0 Å². The van der Waals surface area contributed by atoms with E-state index in [0.717, 1.165) is 10.7 Å². The summed E-state index contributed by atoms with van der Waals surface area (Å²) in [5.74, 6) is 0.643. The number of hydrogen-bond acceptors (Lipinski definition) is 4. The Hall–Kier alpha value is -1.66. The fourth-order valence-electron chi connectivity index (χ4n) is 3.43. The normalized spacial score (nSPS) is 16.9. The molecule has 120 valence electrons. The first-order valence-corrected chi connectivity index (χ1v) is 9.79. The van der Waals surface area contributed by atoms with E-state index in [0.29, 0.717) is 12.3 Å². The SMILES string of the molecule is O=C(Cc1cn2ccsc2n1)N[C@@H](c1cccs1)C1CCCC1. The number of nitrogens with zero attached hydrogens (tertiary/aromatic N) is 2. The number of fused-ring (bicyclic) bond motifs is 1. The third-order valence-corrected chi connectivity index (χ3v) is 6.25. The van der Waals surface area contributed by atoms with E-state index in [1.807, 2.05) is 22.2 Å². The first-order valence-electron chi connectivity index (χ1n) is 8.03. The molecule has 23 heavy (non-hydrogen) atoms. The average Bonchev–Trinajstić information content (AvgIpc) is 3.28. The highest BCUT2D eigenvalue weighted by atomic mass is 32.1. The Morgan fingerprint density at radius 1 is 1.35 bits per heavy atom. The van der Waals surface area contributed by atoms with Gasteiger partial charge in [0.05, 0.1) is 18.2 Å². The summed E-state index contributed by atoms with van der Waals surface area (Å²) in [6.45, 7) is 0. The van der Waals surface area contributed by atoms with Gasteiger partial charge >= 0.3 is 0 Å². The lowest BCUT2D eigenvalue weighted by Crippen LogP contribution is -2.33. The standard InChI is InChI=1S/C17H19N3OS2/c21-15(10-13-11-20-7-9-23-17(20)18-13)19-16(12-4-1-2-5-12)14-6-3-8-22-14/h3,6-9,11-12,16H,1-2,4-5,10H2,(H,19,21)/t16-/m1/s1. The molecule has 3 aromatic heterocycles. The lowest BCUT2D eigenvalue weighted by Gasteiger charge is -2.23. The van der Waals surface area contributed by atoms with E-state index in [-0.39, 0.29) is 11.9 Å². The Bertz CT molecular complexity index is 755. The van der Waals surface area contributed by atoms with Crippen LogP contribution in [-0.2, 0) is 11.2 Å². The predicted octanol–water partition coefficient (Wildman–Crippen LogP) is 4.05. The Kier molecular flexibility index (Phi) is 4.18. The zero-order valence-electron chi connectivity index (χ0n) is 12.8. The molecule has 1 amide bonds. The van der Waals surface area contributed by atoms with Gasteiger partial charge in [0, 0.05) is 22.7 Å². The van der Waals surface area contributed by atoms with Gasteiger partial charge in [0.25, 0.3) is 0 Å². The molecule has 1 fully saturated rings. The molecule has 4 rings (SSSR count). The lowest BCUT2D eigenvalue weighted by molar-refractivity contribution is -0.121. The maximum atomic E-state index is 12.5. The van der Waals surface area contributed by atoms with Crippen molar-refractivity contribution < 1.29 is 4.79 Å². The van der Waals surface area contributed by atoms with Gasteiger partial charge in [0.15, 0.2) is 4.96 Å². The third kappa shape index (κ3) is 3.19. The Morgan fingerprint density at radius 3 is 2.96 bits per heavy atom. The first kappa shape index (κ1) is 14.9. The number of imidazole rings is 1. The van der Waals surface area contributed by atoms with Crippen LogP contribution in [0.15, 0.2) is 35.3 Å². The van der Waals surface area contributed by atoms with Crippen LogP contribution in [0.5, 0.6) is 0 Å². The summed E-state index contributed by atoms with van der Waals surface area (Å²) >= 11 is 3.33. The number of carbonyl (C=O) groups is 1. The van der Waals surface area contributed by atoms with Crippen molar-refractivity contribution in [1.82, 2.24) is 14.7 Å². The molecule has 0 radical (unpaired) electrons. The van der Waals surface area contributed by atoms with Gasteiger partial charge in [-0.2, -0.15) is 0 Å². The highest BCUT2D eigenvalue weighted by Gasteiger charge is 2.28. The summed E-state index contributed by atoms with van der Waals surface area (Å²) in [6.07, 6.45) is 9.25. The molecule has 0 spiro atoms. The molecule has 0 aliphatic heterocycles. The Morgan fingerprint density at radius 2 is 2.22 bits per heavy atom. The molecule has 1 N–H and O–H groups in total. The van der Waals surface area contributed by atoms with Crippen LogP contribution in [0.25, 0.3) is 4.96 Å². The van der Waals surface area contributed by atoms with Crippen molar-refractivity contribution in [2.75, 3.05) is 0 Å². The number of amides is 1. The largest absolute Gasteiger partial charge is 0.348 e. The molecular formula is C17H19N3OS2. The van der Waals surface area contributed by atoms with Gasteiger partial charge < -0.3 is 5.32 Å². The molecule has 1 saturated carbocycles. The zero-order valence-corrected chi connectivity index (χ0v) is 14.4. The van der Waals surface area contributed by atoms with Gasteiger partial charge in [-0.15, -0.1) is 22.7 Å². The van der Waals surface area contributed by atoms with Crippen LogP contribution in [0.1, 0.15) is 42.3 Å². The van der Waals surface area contributed by atoms with Crippen LogP contribution < -0.4 is 5.32 Å². The van der Waals surface area contributed by atoms with Crippen LogP contribution in [0.4, 0.5) is 0 Å². The molecule has 3 aromatic rings. The third-order valence-electron chi connectivity index (χ3n) is 4.52. The molecule has 6 heteroatoms. The van der Waals surface area contributed by atoms with E-state index in [4.69, 9.17) is 0 Å². The maximum absolute atomic E-state index is 12.5. The molecule has 1 aliphatic carbocycles. The van der Waals surface area contributed by atoms with Crippen molar-refractivity contribution in [1.29, 1.82) is 0 Å². The molecule has 3 heterocycles. The molecule has 0 unspecified atom stereocenters. The topological polar surface area (TPSA) is 46.4 Å². The smallest absolute Gasteiger partial charge is 0.226 e. The van der Waals surface area contributed by atoms with Gasteiger partial charge in [0.1, 0.15) is 0 Å². The summed E-state index contributed by atoms with van der Waals surface area (Å²) in [6, 6.07) is 4.37. The minimum atomic E-state index is 0.0704. The summed E-state index contributed by atoms with van der Waals surface area (Å²) in [7, 11) is 0. The van der Waals surface area contributed by atoms with Gasteiger partial charge in [-0.1, -0.05) is 18.9 Å². The summed E-state index contributed by atoms with van der Waals surface area (Å²) in [5, 5.41) is 7.36. The van der Waals surface area contributed by atoms with Crippen LogP contribution in [0.3, 0.4) is 0 Å². The number of nitrogens with one attached hydrogen (secondary N) is 1. The van der Waals surface area contributed by atoms with Gasteiger partial charge in [-0.05, 0) is 30.2 Å². The molecule has 1 aliphatic rings. The maximum Gasteiger partial charge on any atom is 0.226 e. The van der Waals surface area contributed by atoms with Crippen LogP contribution >= 0.6 is 22.7 Å². The van der Waals surface area contributed by atoms with Crippen molar-refractivity contribution in [2.24, 2.45) is 5.92 Å². The molecule has 0 saturated heterocycles. The Balaban J connectivity index is 1.47. The number of aromatic nitrogens is 2. The van der Waals surface area contributed by atoms with Gasteiger partial charge in [-0.3, -0.25) is 9.20 Å². The van der Waals surface area contributed by atoms with Gasteiger partial charge in [0.2, 0.25) is 5.91 Å². The molecule has 0 bridgehead atoms. The fraction of sp³-hybridized carbons (Fsp3) is 0.412. The van der Waals surface area contributed by atoms with E-state index in [1.165, 1.54) is 30.6 Å². The number of thiophene rings is 1. The van der Waals surface area contributed by atoms with Crippen molar-refractivity contribution >= 4 is 33.5 Å². The lowest BCUT2D eigenvalue weighted by atomic mass is 9.96. The number of rotatable bonds is 5. The fourth-order valence-corrected chi connectivity index (χ4v) is 5.02. The number of carbonyl (C=O) groups excluding carboxylic acids is 1. The molecule has 0 aromatic carbocycles. The second-order valence-electron chi connectivity index (χ2n) is 6.11. The van der Waals surface area contributed by atoms with Crippen LogP contribution in [-0.4, -0.2) is 15.3 Å². The monoisotopic (exact) mass is 345 g/mol. The van der Waals surface area contributed by atoms with Crippen molar-refractivity contribution in [2.45, 2.75) is 38.1 Å². The Labute approximate surface area is 143 Å². The zero-order chi connectivity index (χ0) is 15.6. The van der Waals surface area contributed by atoms with E-state index in [9.17, 15) is 4.79 Å². The minimum absolute atomic E-state index is 0.0704. The predicted molar refractivity (Wildman–Crippen MR) is 93.9 cm³/mol. The molecule has 4 nitrogen and oxygen atoms in total. The minimum Gasteiger partial charge on any atom is -0.348 e. The van der Waals surface area contributed by atoms with E-state index >= 15 is 0 Å². The quantitative estimate of drug-likeness (QED) is 0.758. The average molecular weight is 345 g/mol. The van der Waals surface area contributed by atoms with Crippen molar-refractivity contribution in [3.05, 3.63) is 45.9 Å². The van der Waals surface area contributed by atoms with Crippen LogP contribution in [0, 0.1) is 5.92 Å². The highest BCUT2D eigenvalue weighted by Crippen LogP contribution is 2.37. The van der Waals surface area contributed by atoms with E-state index in [1.54, 1.807) is 22.7 Å². The van der Waals surface area contributed by atoms with Gasteiger partial charge in [-0.25, -0.2) is 4.98 Å². The van der Waals surface area contributed by atoms with Crippen LogP contribution in [0.2, 0.25) is 0 Å². The highest BCUT2D eigenvalue weighted by molar-refractivity contribution is 7.15. The molecular weight excluding hydrogens is 326 g/mol. The first-order chi connectivity index (χ1) is 11.3. The van der Waals surface area contributed by atoms with Crippen molar-refractivity contribution in [3.63, 3.8) is 0 Å². The summed E-state index contributed by atoms with van der Waals surface area (Å²) in [4.78, 5) is 19.2. The second kappa shape index (κ2) is 6.45. The summed E-state index contributed by atoms with van der Waals surface area (Å²) in [5.41, 5.74) is 0.839.